The molecule has 3 rings (SSSR count). The van der Waals surface area contributed by atoms with E-state index in [1.165, 1.54) is 54.5 Å². The molecule has 3 N–H and O–H groups in total. The van der Waals surface area contributed by atoms with Crippen LogP contribution >= 0.6 is 0 Å². The van der Waals surface area contributed by atoms with Crippen molar-refractivity contribution in [2.24, 2.45) is 0 Å². The summed E-state index contributed by atoms with van der Waals surface area (Å²) in [7, 11) is 0. The number of rotatable bonds is 5. The SMILES string of the molecule is CCCCCCC1CNc2cccc(N)c2-c2ccccc21. The van der Waals surface area contributed by atoms with E-state index >= 15 is 0 Å². The summed E-state index contributed by atoms with van der Waals surface area (Å²) in [5, 5.41) is 3.62. The molecule has 1 heterocycles. The Morgan fingerprint density at radius 2 is 1.91 bits per heavy atom. The fraction of sp³-hybridized carbons (Fsp3) is 0.400. The van der Waals surface area contributed by atoms with Crippen LogP contribution in [-0.2, 0) is 0 Å². The Bertz CT molecular complexity index is 633. The van der Waals surface area contributed by atoms with Crippen LogP contribution in [0.15, 0.2) is 42.5 Å². The molecule has 1 atom stereocenters. The van der Waals surface area contributed by atoms with Crippen molar-refractivity contribution in [1.82, 2.24) is 0 Å². The molecule has 1 aliphatic rings. The Morgan fingerprint density at radius 1 is 1.05 bits per heavy atom. The molecule has 1 unspecified atom stereocenters. The van der Waals surface area contributed by atoms with Crippen molar-refractivity contribution in [1.29, 1.82) is 0 Å². The van der Waals surface area contributed by atoms with Gasteiger partial charge in [-0.1, -0.05) is 62.9 Å². The second-order valence-electron chi connectivity index (χ2n) is 6.28. The van der Waals surface area contributed by atoms with Crippen molar-refractivity contribution in [3.8, 4) is 11.1 Å². The van der Waals surface area contributed by atoms with Crippen LogP contribution in [0.3, 0.4) is 0 Å². The molecule has 2 aromatic carbocycles. The van der Waals surface area contributed by atoms with Crippen molar-refractivity contribution in [3.05, 3.63) is 48.0 Å². The molecular weight excluding hydrogens is 268 g/mol. The third-order valence-corrected chi connectivity index (χ3v) is 4.71. The first kappa shape index (κ1) is 15.0. The predicted molar refractivity (Wildman–Crippen MR) is 96.3 cm³/mol. The second kappa shape index (κ2) is 6.87. The molecule has 2 aromatic rings. The highest BCUT2D eigenvalue weighted by Crippen LogP contribution is 2.42. The van der Waals surface area contributed by atoms with E-state index in [2.05, 4.69) is 42.6 Å². The molecule has 0 amide bonds. The van der Waals surface area contributed by atoms with Gasteiger partial charge in [0.1, 0.15) is 0 Å². The highest BCUT2D eigenvalue weighted by atomic mass is 14.9. The highest BCUT2D eigenvalue weighted by Gasteiger charge is 2.22. The van der Waals surface area contributed by atoms with Gasteiger partial charge in [-0.05, 0) is 29.7 Å². The minimum atomic E-state index is 0.569. The van der Waals surface area contributed by atoms with E-state index in [1.807, 2.05) is 12.1 Å². The van der Waals surface area contributed by atoms with Gasteiger partial charge in [0.25, 0.3) is 0 Å². The van der Waals surface area contributed by atoms with Crippen molar-refractivity contribution < 1.29 is 0 Å². The summed E-state index contributed by atoms with van der Waals surface area (Å²) in [6.07, 6.45) is 6.53. The molecule has 2 nitrogen and oxygen atoms in total. The minimum Gasteiger partial charge on any atom is -0.398 e. The third kappa shape index (κ3) is 2.96. The summed E-state index contributed by atoms with van der Waals surface area (Å²) < 4.78 is 0. The zero-order chi connectivity index (χ0) is 15.4. The molecule has 0 spiro atoms. The summed E-state index contributed by atoms with van der Waals surface area (Å²) >= 11 is 0. The molecule has 1 aliphatic heterocycles. The van der Waals surface area contributed by atoms with Gasteiger partial charge >= 0.3 is 0 Å². The van der Waals surface area contributed by atoms with Crippen LogP contribution in [0.2, 0.25) is 0 Å². The number of unbranched alkanes of at least 4 members (excludes halogenated alkanes) is 3. The second-order valence-corrected chi connectivity index (χ2v) is 6.28. The van der Waals surface area contributed by atoms with E-state index in [0.717, 1.165) is 12.2 Å². The number of nitrogens with one attached hydrogen (secondary N) is 1. The first-order valence-corrected chi connectivity index (χ1v) is 8.53. The smallest absolute Gasteiger partial charge is 0.0441 e. The van der Waals surface area contributed by atoms with Gasteiger partial charge in [0.15, 0.2) is 0 Å². The maximum absolute atomic E-state index is 6.27. The summed E-state index contributed by atoms with van der Waals surface area (Å²) in [6, 6.07) is 14.9. The van der Waals surface area contributed by atoms with Crippen LogP contribution in [0.25, 0.3) is 11.1 Å². The summed E-state index contributed by atoms with van der Waals surface area (Å²) in [6.45, 7) is 3.27. The maximum atomic E-state index is 6.27. The fourth-order valence-electron chi connectivity index (χ4n) is 3.52. The van der Waals surface area contributed by atoms with Crippen LogP contribution in [0.5, 0.6) is 0 Å². The highest BCUT2D eigenvalue weighted by molar-refractivity contribution is 5.90. The molecule has 0 bridgehead atoms. The number of benzene rings is 2. The standard InChI is InChI=1S/C20H26N2/c1-2-3-4-5-9-15-14-22-19-13-8-12-18(21)20(19)17-11-7-6-10-16(15)17/h6-8,10-13,15,22H,2-5,9,14,21H2,1H3. The van der Waals surface area contributed by atoms with Gasteiger partial charge in [-0.25, -0.2) is 0 Å². The third-order valence-electron chi connectivity index (χ3n) is 4.71. The lowest BCUT2D eigenvalue weighted by molar-refractivity contribution is 0.569. The fourth-order valence-corrected chi connectivity index (χ4v) is 3.52. The number of hydrogen-bond donors (Lipinski definition) is 2. The largest absolute Gasteiger partial charge is 0.398 e. The average Bonchev–Trinajstić information content (AvgIpc) is 2.70. The van der Waals surface area contributed by atoms with Crippen LogP contribution in [0.1, 0.15) is 50.5 Å². The monoisotopic (exact) mass is 294 g/mol. The first-order valence-electron chi connectivity index (χ1n) is 8.53. The van der Waals surface area contributed by atoms with E-state index in [9.17, 15) is 0 Å². The number of anilines is 2. The summed E-state index contributed by atoms with van der Waals surface area (Å²) in [5.41, 5.74) is 12.2. The maximum Gasteiger partial charge on any atom is 0.0441 e. The van der Waals surface area contributed by atoms with Gasteiger partial charge in [0.05, 0.1) is 0 Å². The molecule has 0 aromatic heterocycles. The Morgan fingerprint density at radius 3 is 2.77 bits per heavy atom. The van der Waals surface area contributed by atoms with Crippen LogP contribution in [0, 0.1) is 0 Å². The molecule has 0 fully saturated rings. The lowest BCUT2D eigenvalue weighted by Gasteiger charge is -2.17. The lowest BCUT2D eigenvalue weighted by Crippen LogP contribution is -2.11. The van der Waals surface area contributed by atoms with Crippen molar-refractivity contribution in [2.45, 2.75) is 44.9 Å². The molecule has 0 saturated heterocycles. The van der Waals surface area contributed by atoms with E-state index in [4.69, 9.17) is 5.73 Å². The van der Waals surface area contributed by atoms with E-state index in [0.29, 0.717) is 5.92 Å². The Labute approximate surface area is 133 Å². The van der Waals surface area contributed by atoms with Gasteiger partial charge < -0.3 is 11.1 Å². The predicted octanol–water partition coefficient (Wildman–Crippen LogP) is 5.42. The zero-order valence-corrected chi connectivity index (χ0v) is 13.4. The Kier molecular flexibility index (Phi) is 4.67. The molecule has 0 radical (unpaired) electrons. The first-order chi connectivity index (χ1) is 10.8. The summed E-state index contributed by atoms with van der Waals surface area (Å²) in [4.78, 5) is 0. The number of nitrogens with two attached hydrogens (primary N) is 1. The number of hydrogen-bond acceptors (Lipinski definition) is 2. The molecule has 22 heavy (non-hydrogen) atoms. The zero-order valence-electron chi connectivity index (χ0n) is 13.4. The van der Waals surface area contributed by atoms with Gasteiger partial charge in [-0.15, -0.1) is 0 Å². The van der Waals surface area contributed by atoms with E-state index in [-0.39, 0.29) is 0 Å². The molecule has 2 heteroatoms. The Hall–Kier alpha value is -1.96. The van der Waals surface area contributed by atoms with Crippen LogP contribution in [0.4, 0.5) is 11.4 Å². The lowest BCUT2D eigenvalue weighted by atomic mass is 9.88. The molecule has 116 valence electrons. The van der Waals surface area contributed by atoms with Crippen LogP contribution < -0.4 is 11.1 Å². The van der Waals surface area contributed by atoms with Crippen molar-refractivity contribution in [3.63, 3.8) is 0 Å². The number of nitrogen functional groups attached to an aromatic ring is 1. The van der Waals surface area contributed by atoms with Gasteiger partial charge in [0.2, 0.25) is 0 Å². The van der Waals surface area contributed by atoms with E-state index in [1.54, 1.807) is 0 Å². The normalized spacial score (nSPS) is 16.3. The summed E-state index contributed by atoms with van der Waals surface area (Å²) in [5.74, 6) is 0.569. The average molecular weight is 294 g/mol. The van der Waals surface area contributed by atoms with E-state index < -0.39 is 0 Å². The molecule has 0 aliphatic carbocycles. The quantitative estimate of drug-likeness (QED) is 0.571. The van der Waals surface area contributed by atoms with Gasteiger partial charge in [-0.2, -0.15) is 0 Å². The van der Waals surface area contributed by atoms with Crippen LogP contribution in [-0.4, -0.2) is 6.54 Å². The Balaban J connectivity index is 1.92. The number of fused-ring (bicyclic) bond motifs is 3. The van der Waals surface area contributed by atoms with Gasteiger partial charge in [0, 0.05) is 29.4 Å². The molecular formula is C20H26N2. The topological polar surface area (TPSA) is 38.0 Å². The van der Waals surface area contributed by atoms with Crippen molar-refractivity contribution >= 4 is 11.4 Å². The molecule has 0 saturated carbocycles. The minimum absolute atomic E-state index is 0.569. The van der Waals surface area contributed by atoms with Gasteiger partial charge in [-0.3, -0.25) is 0 Å². The van der Waals surface area contributed by atoms with Crippen molar-refractivity contribution in [2.75, 3.05) is 17.6 Å².